The highest BCUT2D eigenvalue weighted by Gasteiger charge is 1.78. The third kappa shape index (κ3) is 1.96. The average molecular weight is 242 g/mol. The Kier molecular flexibility index (Phi) is 4.18. The smallest absolute Gasteiger partial charge is 0.0959 e. The second-order valence-corrected chi connectivity index (χ2v) is 1.67. The molecule has 1 aromatic rings. The molecule has 1 heterocycles. The van der Waals surface area contributed by atoms with E-state index in [1.54, 1.807) is 10.9 Å². The van der Waals surface area contributed by atoms with Gasteiger partial charge in [0.2, 0.25) is 0 Å². The second kappa shape index (κ2) is 4.09. The third-order valence-corrected chi connectivity index (χ3v) is 1.20. The van der Waals surface area contributed by atoms with E-state index in [9.17, 15) is 0 Å². The van der Waals surface area contributed by atoms with Crippen molar-refractivity contribution in [1.82, 2.24) is 9.78 Å². The van der Waals surface area contributed by atoms with Crippen LogP contribution in [0.2, 0.25) is 0 Å². The summed E-state index contributed by atoms with van der Waals surface area (Å²) in [5, 5.41) is 3.90. The molecule has 1 rings (SSSR count). The van der Waals surface area contributed by atoms with Crippen molar-refractivity contribution in [2.24, 2.45) is 0 Å². The van der Waals surface area contributed by atoms with Gasteiger partial charge in [-0.2, -0.15) is 5.10 Å². The van der Waals surface area contributed by atoms with Crippen molar-refractivity contribution in [3.8, 4) is 0 Å². The summed E-state index contributed by atoms with van der Waals surface area (Å²) in [7, 11) is 0. The average Bonchev–Trinajstić information content (AvgIpc) is 2.14. The van der Waals surface area contributed by atoms with Crippen molar-refractivity contribution in [3.63, 3.8) is 0 Å². The quantitative estimate of drug-likeness (QED) is 0.686. The first-order chi connectivity index (χ1) is 3.43. The van der Waals surface area contributed by atoms with E-state index in [2.05, 4.69) is 21.0 Å². The fourth-order valence-corrected chi connectivity index (χ4v) is 0.668. The molecule has 0 unspecified atom stereocenters. The molecule has 2 nitrogen and oxygen atoms in total. The van der Waals surface area contributed by atoms with Gasteiger partial charge in [-0.3, -0.25) is 4.68 Å². The molecule has 0 aliphatic carbocycles. The Morgan fingerprint density at radius 2 is 2.38 bits per heavy atom. The molecule has 0 aromatic carbocycles. The topological polar surface area (TPSA) is 17.8 Å². The van der Waals surface area contributed by atoms with Crippen LogP contribution in [0, 0.1) is 0 Å². The monoisotopic (exact) mass is 240 g/mol. The first-order valence-corrected chi connectivity index (χ1v) is 3.09. The summed E-state index contributed by atoms with van der Waals surface area (Å²) >= 11 is 3.24. The van der Waals surface area contributed by atoms with Crippen LogP contribution in [0.25, 0.3) is 0 Å². The maximum Gasteiger partial charge on any atom is 0.0959 e. The van der Waals surface area contributed by atoms with Crippen molar-refractivity contribution >= 4 is 32.9 Å². The van der Waals surface area contributed by atoms with Crippen molar-refractivity contribution < 1.29 is 0 Å². The molecular weight excluding hydrogens is 236 g/mol. The third-order valence-electron chi connectivity index (χ3n) is 0.682. The lowest BCUT2D eigenvalue weighted by Crippen LogP contribution is -1.88. The van der Waals surface area contributed by atoms with E-state index in [-0.39, 0.29) is 17.0 Å². The zero-order valence-corrected chi connectivity index (χ0v) is 7.42. The molecule has 0 radical (unpaired) electrons. The Balaban J connectivity index is 0.000000490. The molecule has 46 valence electrons. The molecular formula is C4H6Br2N2. The number of nitrogens with zero attached hydrogens (tertiary/aromatic N) is 2. The van der Waals surface area contributed by atoms with Gasteiger partial charge in [0.15, 0.2) is 0 Å². The van der Waals surface area contributed by atoms with Crippen LogP contribution in [0.3, 0.4) is 0 Å². The maximum atomic E-state index is 3.90. The number of hydrogen-bond acceptors (Lipinski definition) is 1. The summed E-state index contributed by atoms with van der Waals surface area (Å²) in [6.07, 6.45) is 3.65. The number of rotatable bonds is 1. The predicted molar refractivity (Wildman–Crippen MR) is 41.5 cm³/mol. The van der Waals surface area contributed by atoms with E-state index in [1.807, 2.05) is 12.3 Å². The minimum absolute atomic E-state index is 0. The number of aromatic nitrogens is 2. The van der Waals surface area contributed by atoms with Gasteiger partial charge in [0.05, 0.1) is 5.45 Å². The molecule has 0 amide bonds. The van der Waals surface area contributed by atoms with Crippen molar-refractivity contribution in [3.05, 3.63) is 18.5 Å². The second-order valence-electron chi connectivity index (χ2n) is 1.17. The molecule has 0 aliphatic heterocycles. The van der Waals surface area contributed by atoms with Crippen molar-refractivity contribution in [2.45, 2.75) is 5.45 Å². The molecule has 0 N–H and O–H groups in total. The van der Waals surface area contributed by atoms with Crippen LogP contribution in [-0.4, -0.2) is 9.78 Å². The lowest BCUT2D eigenvalue weighted by atomic mass is 10.8. The van der Waals surface area contributed by atoms with Gasteiger partial charge in [0.1, 0.15) is 0 Å². The van der Waals surface area contributed by atoms with Crippen LogP contribution < -0.4 is 0 Å². The highest BCUT2D eigenvalue weighted by molar-refractivity contribution is 9.08. The zero-order valence-electron chi connectivity index (χ0n) is 4.12. The molecule has 0 saturated carbocycles. The fraction of sp³-hybridized carbons (Fsp3) is 0.250. The fourth-order valence-electron chi connectivity index (χ4n) is 0.371. The lowest BCUT2D eigenvalue weighted by molar-refractivity contribution is 0.759. The normalized spacial score (nSPS) is 8.12. The van der Waals surface area contributed by atoms with E-state index < -0.39 is 0 Å². The molecule has 0 bridgehead atoms. The minimum atomic E-state index is 0. The Hall–Kier alpha value is 0.170. The molecule has 0 atom stereocenters. The molecule has 8 heavy (non-hydrogen) atoms. The Bertz CT molecular complexity index is 127. The van der Waals surface area contributed by atoms with Gasteiger partial charge in [0, 0.05) is 12.4 Å². The van der Waals surface area contributed by atoms with Crippen LogP contribution >= 0.6 is 32.9 Å². The SMILES string of the molecule is Br.BrCn1cccn1. The van der Waals surface area contributed by atoms with E-state index >= 15 is 0 Å². The summed E-state index contributed by atoms with van der Waals surface area (Å²) in [5.74, 6) is 0. The summed E-state index contributed by atoms with van der Waals surface area (Å²) in [4.78, 5) is 0. The Labute approximate surface area is 66.8 Å². The number of halogens is 2. The lowest BCUT2D eigenvalue weighted by Gasteiger charge is -1.86. The Morgan fingerprint density at radius 3 is 2.62 bits per heavy atom. The first kappa shape index (κ1) is 8.17. The van der Waals surface area contributed by atoms with Crippen LogP contribution in [-0.2, 0) is 5.45 Å². The van der Waals surface area contributed by atoms with Gasteiger partial charge < -0.3 is 0 Å². The van der Waals surface area contributed by atoms with E-state index in [0.717, 1.165) is 5.45 Å². The molecule has 0 aliphatic rings. The standard InChI is InChI=1S/C4H5BrN2.BrH/c5-4-7-3-1-2-6-7;/h1-3H,4H2;1H. The van der Waals surface area contributed by atoms with Crippen molar-refractivity contribution in [1.29, 1.82) is 0 Å². The molecule has 4 heteroatoms. The number of alkyl halides is 1. The molecule has 0 saturated heterocycles. The van der Waals surface area contributed by atoms with E-state index in [0.29, 0.717) is 0 Å². The number of hydrogen-bond donors (Lipinski definition) is 0. The summed E-state index contributed by atoms with van der Waals surface area (Å²) in [6, 6.07) is 1.89. The van der Waals surface area contributed by atoms with Gasteiger partial charge >= 0.3 is 0 Å². The van der Waals surface area contributed by atoms with Crippen LogP contribution in [0.5, 0.6) is 0 Å². The molecule has 1 aromatic heterocycles. The Morgan fingerprint density at radius 1 is 1.62 bits per heavy atom. The van der Waals surface area contributed by atoms with Gasteiger partial charge in [-0.1, -0.05) is 15.9 Å². The first-order valence-electron chi connectivity index (χ1n) is 1.97. The van der Waals surface area contributed by atoms with E-state index in [4.69, 9.17) is 0 Å². The summed E-state index contributed by atoms with van der Waals surface area (Å²) in [6.45, 7) is 0. The predicted octanol–water partition coefficient (Wildman–Crippen LogP) is 1.81. The van der Waals surface area contributed by atoms with Gasteiger partial charge in [-0.15, -0.1) is 17.0 Å². The molecule has 0 spiro atoms. The van der Waals surface area contributed by atoms with E-state index in [1.165, 1.54) is 0 Å². The molecule has 0 fully saturated rings. The van der Waals surface area contributed by atoms with Gasteiger partial charge in [-0.05, 0) is 6.07 Å². The van der Waals surface area contributed by atoms with Gasteiger partial charge in [-0.25, -0.2) is 0 Å². The largest absolute Gasteiger partial charge is 0.262 e. The minimum Gasteiger partial charge on any atom is -0.262 e. The summed E-state index contributed by atoms with van der Waals surface area (Å²) < 4.78 is 1.79. The van der Waals surface area contributed by atoms with Crippen molar-refractivity contribution in [2.75, 3.05) is 0 Å². The maximum absolute atomic E-state index is 3.90. The summed E-state index contributed by atoms with van der Waals surface area (Å²) in [5.41, 5.74) is 0.778. The van der Waals surface area contributed by atoms with Crippen LogP contribution in [0.4, 0.5) is 0 Å². The zero-order chi connectivity index (χ0) is 5.11. The van der Waals surface area contributed by atoms with Crippen LogP contribution in [0.15, 0.2) is 18.5 Å². The highest BCUT2D eigenvalue weighted by Crippen LogP contribution is 1.87. The van der Waals surface area contributed by atoms with Crippen LogP contribution in [0.1, 0.15) is 0 Å². The highest BCUT2D eigenvalue weighted by atomic mass is 79.9. The van der Waals surface area contributed by atoms with Gasteiger partial charge in [0.25, 0.3) is 0 Å².